The highest BCUT2D eigenvalue weighted by atomic mass is 15.3. The molecule has 82 valence electrons. The number of hydrogen-bond acceptors (Lipinski definition) is 4. The van der Waals surface area contributed by atoms with Gasteiger partial charge >= 0.3 is 0 Å². The van der Waals surface area contributed by atoms with E-state index in [-0.39, 0.29) is 0 Å². The summed E-state index contributed by atoms with van der Waals surface area (Å²) in [5.41, 5.74) is 9.71. The van der Waals surface area contributed by atoms with Gasteiger partial charge in [-0.25, -0.2) is 4.98 Å². The summed E-state index contributed by atoms with van der Waals surface area (Å²) in [6.07, 6.45) is 0.854. The first-order chi connectivity index (χ1) is 7.60. The van der Waals surface area contributed by atoms with Crippen LogP contribution in [-0.2, 0) is 6.42 Å². The Morgan fingerprint density at radius 1 is 1.38 bits per heavy atom. The first kappa shape index (κ1) is 10.4. The van der Waals surface area contributed by atoms with Crippen molar-refractivity contribution in [1.82, 2.24) is 14.6 Å². The minimum Gasteiger partial charge on any atom is -0.382 e. The van der Waals surface area contributed by atoms with Gasteiger partial charge in [0.15, 0.2) is 5.65 Å². The molecule has 0 atom stereocenters. The van der Waals surface area contributed by atoms with Crippen LogP contribution in [-0.4, -0.2) is 14.6 Å². The molecule has 5 heteroatoms. The minimum atomic E-state index is 0.368. The summed E-state index contributed by atoms with van der Waals surface area (Å²) in [6.45, 7) is 5.76. The molecule has 2 aromatic rings. The Balaban J connectivity index is 2.94. The largest absolute Gasteiger partial charge is 0.382 e. The quantitative estimate of drug-likeness (QED) is 0.778. The van der Waals surface area contributed by atoms with Crippen LogP contribution in [0.2, 0.25) is 0 Å². The van der Waals surface area contributed by atoms with Crippen molar-refractivity contribution in [1.29, 1.82) is 5.26 Å². The first-order valence-electron chi connectivity index (χ1n) is 5.14. The Labute approximate surface area is 93.5 Å². The van der Waals surface area contributed by atoms with Gasteiger partial charge in [0.25, 0.3) is 0 Å². The molecule has 0 saturated carbocycles. The van der Waals surface area contributed by atoms with Gasteiger partial charge in [0.2, 0.25) is 0 Å². The SMILES string of the molecule is CCc1c(C)nn2c(N)c(C#N)c(C)nc12. The molecule has 0 aromatic carbocycles. The summed E-state index contributed by atoms with van der Waals surface area (Å²) < 4.78 is 1.56. The molecule has 2 N–H and O–H groups in total. The van der Waals surface area contributed by atoms with Gasteiger partial charge in [0.05, 0.1) is 11.4 Å². The molecule has 16 heavy (non-hydrogen) atoms. The fourth-order valence-electron chi connectivity index (χ4n) is 1.89. The lowest BCUT2D eigenvalue weighted by Gasteiger charge is -2.04. The van der Waals surface area contributed by atoms with Gasteiger partial charge in [0, 0.05) is 5.56 Å². The van der Waals surface area contributed by atoms with Crippen LogP contribution in [0.4, 0.5) is 5.82 Å². The Morgan fingerprint density at radius 3 is 2.62 bits per heavy atom. The highest BCUT2D eigenvalue weighted by Crippen LogP contribution is 2.21. The molecular formula is C11H13N5. The Morgan fingerprint density at radius 2 is 2.06 bits per heavy atom. The number of nitrogens with two attached hydrogens (primary N) is 1. The maximum Gasteiger partial charge on any atom is 0.161 e. The summed E-state index contributed by atoms with van der Waals surface area (Å²) in [5, 5.41) is 13.3. The van der Waals surface area contributed by atoms with Crippen LogP contribution >= 0.6 is 0 Å². The number of aryl methyl sites for hydroxylation is 3. The summed E-state index contributed by atoms with van der Waals surface area (Å²) in [5.74, 6) is 0.368. The number of nitrogen functional groups attached to an aromatic ring is 1. The molecule has 2 heterocycles. The molecule has 0 saturated heterocycles. The smallest absolute Gasteiger partial charge is 0.161 e. The standard InChI is InChI=1S/C11H13N5/c1-4-8-7(3)15-16-10(13)9(5-12)6(2)14-11(8)16/h4,13H2,1-3H3. The van der Waals surface area contributed by atoms with Crippen LogP contribution in [0.3, 0.4) is 0 Å². The van der Waals surface area contributed by atoms with Crippen molar-refractivity contribution in [2.45, 2.75) is 27.2 Å². The second-order valence-corrected chi connectivity index (χ2v) is 3.72. The van der Waals surface area contributed by atoms with Crippen molar-refractivity contribution < 1.29 is 0 Å². The van der Waals surface area contributed by atoms with Crippen molar-refractivity contribution in [2.24, 2.45) is 0 Å². The molecule has 0 radical (unpaired) electrons. The average molecular weight is 215 g/mol. The third-order valence-electron chi connectivity index (χ3n) is 2.74. The number of aromatic nitrogens is 3. The van der Waals surface area contributed by atoms with Gasteiger partial charge in [-0.3, -0.25) is 0 Å². The van der Waals surface area contributed by atoms with Gasteiger partial charge in [-0.1, -0.05) is 6.92 Å². The van der Waals surface area contributed by atoms with Crippen LogP contribution in [0, 0.1) is 25.2 Å². The molecule has 0 aliphatic rings. The van der Waals surface area contributed by atoms with E-state index in [4.69, 9.17) is 11.0 Å². The molecule has 2 aromatic heterocycles. The van der Waals surface area contributed by atoms with E-state index in [1.54, 1.807) is 11.4 Å². The van der Waals surface area contributed by atoms with E-state index in [0.717, 1.165) is 23.3 Å². The Bertz CT molecular complexity index is 603. The maximum atomic E-state index is 8.98. The maximum absolute atomic E-state index is 8.98. The summed E-state index contributed by atoms with van der Waals surface area (Å²) >= 11 is 0. The lowest BCUT2D eigenvalue weighted by molar-refractivity contribution is 0.917. The van der Waals surface area contributed by atoms with Crippen molar-refractivity contribution >= 4 is 11.5 Å². The Kier molecular flexibility index (Phi) is 2.27. The van der Waals surface area contributed by atoms with Crippen LogP contribution in [0.15, 0.2) is 0 Å². The lowest BCUT2D eigenvalue weighted by Crippen LogP contribution is -2.06. The van der Waals surface area contributed by atoms with Crippen molar-refractivity contribution in [3.63, 3.8) is 0 Å². The number of nitriles is 1. The van der Waals surface area contributed by atoms with Gasteiger partial charge < -0.3 is 5.73 Å². The minimum absolute atomic E-state index is 0.368. The fraction of sp³-hybridized carbons (Fsp3) is 0.364. The van der Waals surface area contributed by atoms with E-state index in [1.165, 1.54) is 0 Å². The van der Waals surface area contributed by atoms with Crippen LogP contribution in [0.1, 0.15) is 29.4 Å². The zero-order valence-electron chi connectivity index (χ0n) is 9.57. The highest BCUT2D eigenvalue weighted by Gasteiger charge is 2.15. The molecule has 0 unspecified atom stereocenters. The zero-order valence-corrected chi connectivity index (χ0v) is 9.57. The van der Waals surface area contributed by atoms with Gasteiger partial charge in [-0.2, -0.15) is 14.9 Å². The number of fused-ring (bicyclic) bond motifs is 1. The van der Waals surface area contributed by atoms with Gasteiger partial charge in [-0.05, 0) is 20.3 Å². The molecule has 2 rings (SSSR count). The van der Waals surface area contributed by atoms with Crippen LogP contribution < -0.4 is 5.73 Å². The molecule has 0 amide bonds. The molecule has 0 aliphatic heterocycles. The monoisotopic (exact) mass is 215 g/mol. The summed E-state index contributed by atoms with van der Waals surface area (Å²) in [7, 11) is 0. The summed E-state index contributed by atoms with van der Waals surface area (Å²) in [6, 6.07) is 2.05. The predicted octanol–water partition coefficient (Wildman–Crippen LogP) is 1.36. The number of anilines is 1. The number of rotatable bonds is 1. The topological polar surface area (TPSA) is 80.0 Å². The van der Waals surface area contributed by atoms with Crippen LogP contribution in [0.5, 0.6) is 0 Å². The normalized spacial score (nSPS) is 10.6. The molecule has 0 aliphatic carbocycles. The van der Waals surface area contributed by atoms with E-state index < -0.39 is 0 Å². The van der Waals surface area contributed by atoms with Crippen molar-refractivity contribution in [3.05, 3.63) is 22.5 Å². The third kappa shape index (κ3) is 1.23. The van der Waals surface area contributed by atoms with Crippen molar-refractivity contribution in [3.8, 4) is 6.07 Å². The van der Waals surface area contributed by atoms with Crippen molar-refractivity contribution in [2.75, 3.05) is 5.73 Å². The van der Waals surface area contributed by atoms with E-state index in [9.17, 15) is 0 Å². The molecular weight excluding hydrogens is 202 g/mol. The average Bonchev–Trinajstić information content (AvgIpc) is 2.55. The van der Waals surface area contributed by atoms with E-state index in [1.807, 2.05) is 6.92 Å². The molecule has 0 spiro atoms. The zero-order chi connectivity index (χ0) is 11.9. The molecule has 0 bridgehead atoms. The lowest BCUT2D eigenvalue weighted by atomic mass is 10.2. The van der Waals surface area contributed by atoms with E-state index in [0.29, 0.717) is 17.1 Å². The number of hydrogen-bond donors (Lipinski definition) is 1. The second kappa shape index (κ2) is 3.49. The molecule has 5 nitrogen and oxygen atoms in total. The number of nitrogens with zero attached hydrogens (tertiary/aromatic N) is 4. The summed E-state index contributed by atoms with van der Waals surface area (Å²) in [4.78, 5) is 4.40. The van der Waals surface area contributed by atoms with Crippen LogP contribution in [0.25, 0.3) is 5.65 Å². The first-order valence-corrected chi connectivity index (χ1v) is 5.14. The van der Waals surface area contributed by atoms with E-state index >= 15 is 0 Å². The van der Waals surface area contributed by atoms with Gasteiger partial charge in [0.1, 0.15) is 17.5 Å². The highest BCUT2D eigenvalue weighted by molar-refractivity contribution is 5.61. The fourth-order valence-corrected chi connectivity index (χ4v) is 1.89. The third-order valence-corrected chi connectivity index (χ3v) is 2.74. The molecule has 0 fully saturated rings. The Hall–Kier alpha value is -2.09. The second-order valence-electron chi connectivity index (χ2n) is 3.72. The van der Waals surface area contributed by atoms with E-state index in [2.05, 4.69) is 23.1 Å². The predicted molar refractivity (Wildman–Crippen MR) is 61.0 cm³/mol. The van der Waals surface area contributed by atoms with Gasteiger partial charge in [-0.15, -0.1) is 0 Å².